The Morgan fingerprint density at radius 3 is 2.67 bits per heavy atom. The molecule has 2 heteroatoms. The van der Waals surface area contributed by atoms with Crippen LogP contribution in [0.5, 0.6) is 0 Å². The Morgan fingerprint density at radius 2 is 2.00 bits per heavy atom. The van der Waals surface area contributed by atoms with Crippen LogP contribution in [0.25, 0.3) is 0 Å². The van der Waals surface area contributed by atoms with Gasteiger partial charge < -0.3 is 10.5 Å². The van der Waals surface area contributed by atoms with Gasteiger partial charge in [0.25, 0.3) is 0 Å². The van der Waals surface area contributed by atoms with Crippen molar-refractivity contribution >= 4 is 0 Å². The minimum Gasteiger partial charge on any atom is -0.375 e. The lowest BCUT2D eigenvalue weighted by Crippen LogP contribution is -2.25. The van der Waals surface area contributed by atoms with E-state index in [-0.39, 0.29) is 6.04 Å². The maximum atomic E-state index is 5.90. The summed E-state index contributed by atoms with van der Waals surface area (Å²) in [6, 6.07) is 10.4. The first kappa shape index (κ1) is 12.2. The average molecular weight is 207 g/mol. The lowest BCUT2D eigenvalue weighted by Gasteiger charge is -2.11. The van der Waals surface area contributed by atoms with Gasteiger partial charge in [-0.2, -0.15) is 0 Å². The lowest BCUT2D eigenvalue weighted by atomic mass is 10.1. The molecule has 0 spiro atoms. The Labute approximate surface area is 92.4 Å². The molecule has 1 unspecified atom stereocenters. The summed E-state index contributed by atoms with van der Waals surface area (Å²) in [6.07, 6.45) is 3.45. The van der Waals surface area contributed by atoms with Crippen molar-refractivity contribution in [1.29, 1.82) is 0 Å². The molecule has 0 saturated heterocycles. The molecule has 2 nitrogen and oxygen atoms in total. The van der Waals surface area contributed by atoms with Crippen molar-refractivity contribution in [2.24, 2.45) is 5.73 Å². The highest BCUT2D eigenvalue weighted by atomic mass is 16.5. The normalized spacial score (nSPS) is 12.7. The third kappa shape index (κ3) is 5.55. The smallest absolute Gasteiger partial charge is 0.0717 e. The van der Waals surface area contributed by atoms with Crippen molar-refractivity contribution in [2.45, 2.75) is 38.8 Å². The summed E-state index contributed by atoms with van der Waals surface area (Å²) < 4.78 is 5.55. The third-order valence-corrected chi connectivity index (χ3v) is 2.37. The second-order valence-corrected chi connectivity index (χ2v) is 3.90. The van der Waals surface area contributed by atoms with Gasteiger partial charge in [-0.1, -0.05) is 50.1 Å². The van der Waals surface area contributed by atoms with E-state index >= 15 is 0 Å². The number of rotatable bonds is 7. The summed E-state index contributed by atoms with van der Waals surface area (Å²) in [5.74, 6) is 0. The minimum absolute atomic E-state index is 0.189. The Bertz CT molecular complexity index is 248. The first-order valence-corrected chi connectivity index (χ1v) is 5.70. The zero-order chi connectivity index (χ0) is 10.9. The number of nitrogens with two attached hydrogens (primary N) is 1. The van der Waals surface area contributed by atoms with Crippen molar-refractivity contribution in [3.8, 4) is 0 Å². The predicted molar refractivity (Wildman–Crippen MR) is 63.6 cm³/mol. The molecule has 0 aromatic heterocycles. The SMILES string of the molecule is CCCCC(N)COCc1ccccc1. The summed E-state index contributed by atoms with van der Waals surface area (Å²) >= 11 is 0. The molecule has 15 heavy (non-hydrogen) atoms. The van der Waals surface area contributed by atoms with Crippen LogP contribution in [0.1, 0.15) is 31.7 Å². The molecule has 0 aliphatic rings. The van der Waals surface area contributed by atoms with Gasteiger partial charge in [0, 0.05) is 6.04 Å². The Hall–Kier alpha value is -0.860. The molecule has 84 valence electrons. The first-order chi connectivity index (χ1) is 7.33. The molecule has 0 fully saturated rings. The van der Waals surface area contributed by atoms with E-state index in [0.717, 1.165) is 6.42 Å². The molecule has 0 saturated carbocycles. The quantitative estimate of drug-likeness (QED) is 0.746. The van der Waals surface area contributed by atoms with Crippen LogP contribution < -0.4 is 5.73 Å². The van der Waals surface area contributed by atoms with Gasteiger partial charge >= 0.3 is 0 Å². The summed E-state index contributed by atoms with van der Waals surface area (Å²) in [5.41, 5.74) is 7.11. The van der Waals surface area contributed by atoms with Crippen LogP contribution in [0.4, 0.5) is 0 Å². The van der Waals surface area contributed by atoms with Crippen LogP contribution in [-0.4, -0.2) is 12.6 Å². The molecule has 2 N–H and O–H groups in total. The lowest BCUT2D eigenvalue weighted by molar-refractivity contribution is 0.105. The highest BCUT2D eigenvalue weighted by molar-refractivity contribution is 5.13. The largest absolute Gasteiger partial charge is 0.375 e. The molecule has 0 bridgehead atoms. The fraction of sp³-hybridized carbons (Fsp3) is 0.538. The molecule has 1 atom stereocenters. The van der Waals surface area contributed by atoms with E-state index in [9.17, 15) is 0 Å². The van der Waals surface area contributed by atoms with Crippen molar-refractivity contribution < 1.29 is 4.74 Å². The van der Waals surface area contributed by atoms with E-state index in [4.69, 9.17) is 10.5 Å². The molecule has 1 aromatic rings. The van der Waals surface area contributed by atoms with E-state index in [1.54, 1.807) is 0 Å². The number of benzene rings is 1. The van der Waals surface area contributed by atoms with Gasteiger partial charge in [0.05, 0.1) is 13.2 Å². The number of hydrogen-bond donors (Lipinski definition) is 1. The van der Waals surface area contributed by atoms with Crippen LogP contribution in [-0.2, 0) is 11.3 Å². The maximum Gasteiger partial charge on any atom is 0.0717 e. The second kappa shape index (κ2) is 7.43. The monoisotopic (exact) mass is 207 g/mol. The van der Waals surface area contributed by atoms with Gasteiger partial charge in [-0.05, 0) is 12.0 Å². The standard InChI is InChI=1S/C13H21NO/c1-2-3-9-13(14)11-15-10-12-7-5-4-6-8-12/h4-8,13H,2-3,9-11,14H2,1H3. The van der Waals surface area contributed by atoms with Gasteiger partial charge in [0.15, 0.2) is 0 Å². The highest BCUT2D eigenvalue weighted by Crippen LogP contribution is 2.03. The van der Waals surface area contributed by atoms with Crippen LogP contribution in [0.3, 0.4) is 0 Å². The zero-order valence-corrected chi connectivity index (χ0v) is 9.49. The molecule has 1 aromatic carbocycles. The van der Waals surface area contributed by atoms with Crippen LogP contribution >= 0.6 is 0 Å². The highest BCUT2D eigenvalue weighted by Gasteiger charge is 2.01. The van der Waals surface area contributed by atoms with Crippen LogP contribution in [0.2, 0.25) is 0 Å². The minimum atomic E-state index is 0.189. The number of ether oxygens (including phenoxy) is 1. The third-order valence-electron chi connectivity index (χ3n) is 2.37. The predicted octanol–water partition coefficient (Wildman–Crippen LogP) is 2.72. The Balaban J connectivity index is 2.11. The van der Waals surface area contributed by atoms with Gasteiger partial charge in [-0.15, -0.1) is 0 Å². The van der Waals surface area contributed by atoms with Crippen molar-refractivity contribution in [2.75, 3.05) is 6.61 Å². The van der Waals surface area contributed by atoms with Crippen molar-refractivity contribution in [1.82, 2.24) is 0 Å². The molecule has 0 aliphatic heterocycles. The molecule has 0 amide bonds. The average Bonchev–Trinajstić information content (AvgIpc) is 2.28. The summed E-state index contributed by atoms with van der Waals surface area (Å²) in [4.78, 5) is 0. The summed E-state index contributed by atoms with van der Waals surface area (Å²) in [6.45, 7) is 3.51. The molecular formula is C13H21NO. The Morgan fingerprint density at radius 1 is 1.27 bits per heavy atom. The fourth-order valence-corrected chi connectivity index (χ4v) is 1.45. The molecule has 0 heterocycles. The van der Waals surface area contributed by atoms with Crippen molar-refractivity contribution in [3.63, 3.8) is 0 Å². The molecule has 0 aliphatic carbocycles. The second-order valence-electron chi connectivity index (χ2n) is 3.90. The zero-order valence-electron chi connectivity index (χ0n) is 9.49. The van der Waals surface area contributed by atoms with Crippen LogP contribution in [0.15, 0.2) is 30.3 Å². The summed E-state index contributed by atoms with van der Waals surface area (Å²) in [5, 5.41) is 0. The van der Waals surface area contributed by atoms with E-state index in [1.165, 1.54) is 18.4 Å². The maximum absolute atomic E-state index is 5.90. The topological polar surface area (TPSA) is 35.2 Å². The fourth-order valence-electron chi connectivity index (χ4n) is 1.45. The first-order valence-electron chi connectivity index (χ1n) is 5.70. The van der Waals surface area contributed by atoms with E-state index < -0.39 is 0 Å². The van der Waals surface area contributed by atoms with Crippen LogP contribution in [0, 0.1) is 0 Å². The Kier molecular flexibility index (Phi) is 6.05. The number of unbranched alkanes of at least 4 members (excludes halogenated alkanes) is 1. The van der Waals surface area contributed by atoms with Gasteiger partial charge in [-0.3, -0.25) is 0 Å². The van der Waals surface area contributed by atoms with E-state index in [0.29, 0.717) is 13.2 Å². The summed E-state index contributed by atoms with van der Waals surface area (Å²) in [7, 11) is 0. The van der Waals surface area contributed by atoms with E-state index in [2.05, 4.69) is 19.1 Å². The molecule has 1 rings (SSSR count). The number of hydrogen-bond acceptors (Lipinski definition) is 2. The van der Waals surface area contributed by atoms with Crippen molar-refractivity contribution in [3.05, 3.63) is 35.9 Å². The van der Waals surface area contributed by atoms with E-state index in [1.807, 2.05) is 18.2 Å². The van der Waals surface area contributed by atoms with Gasteiger partial charge in [0.2, 0.25) is 0 Å². The molecule has 0 radical (unpaired) electrons. The van der Waals surface area contributed by atoms with Gasteiger partial charge in [-0.25, -0.2) is 0 Å². The van der Waals surface area contributed by atoms with Gasteiger partial charge in [0.1, 0.15) is 0 Å². The molecular weight excluding hydrogens is 186 g/mol.